The predicted octanol–water partition coefficient (Wildman–Crippen LogP) is 3.58. The SMILES string of the molecule is Cc1ccc(S(=O)(=O)NCc2ccco2)cc1C(=O)N(C)Cc1cnn(Cc2ccccc2)c1. The van der Waals surface area contributed by atoms with E-state index in [0.717, 1.165) is 11.1 Å². The average molecular weight is 479 g/mol. The van der Waals surface area contributed by atoms with Crippen LogP contribution in [-0.4, -0.2) is 36.1 Å². The Balaban J connectivity index is 1.45. The number of nitrogens with zero attached hydrogens (tertiary/aromatic N) is 3. The maximum absolute atomic E-state index is 13.2. The molecule has 0 unspecified atom stereocenters. The third-order valence-corrected chi connectivity index (χ3v) is 6.81. The summed E-state index contributed by atoms with van der Waals surface area (Å²) in [5.74, 6) is 0.232. The number of hydrogen-bond donors (Lipinski definition) is 1. The molecular formula is C25H26N4O4S. The van der Waals surface area contributed by atoms with E-state index in [4.69, 9.17) is 4.42 Å². The van der Waals surface area contributed by atoms with E-state index in [1.54, 1.807) is 43.3 Å². The molecule has 176 valence electrons. The van der Waals surface area contributed by atoms with Crippen molar-refractivity contribution >= 4 is 15.9 Å². The third kappa shape index (κ3) is 5.62. The molecular weight excluding hydrogens is 452 g/mol. The third-order valence-electron chi connectivity index (χ3n) is 5.41. The number of carbonyl (C=O) groups excluding carboxylic acids is 1. The molecule has 0 radical (unpaired) electrons. The van der Waals surface area contributed by atoms with Crippen LogP contribution in [0.3, 0.4) is 0 Å². The summed E-state index contributed by atoms with van der Waals surface area (Å²) in [6.07, 6.45) is 5.12. The number of nitrogens with one attached hydrogen (secondary N) is 1. The highest BCUT2D eigenvalue weighted by atomic mass is 32.2. The van der Waals surface area contributed by atoms with Gasteiger partial charge >= 0.3 is 0 Å². The molecule has 4 aromatic rings. The highest BCUT2D eigenvalue weighted by Gasteiger charge is 2.20. The van der Waals surface area contributed by atoms with Gasteiger partial charge in [0.25, 0.3) is 5.91 Å². The van der Waals surface area contributed by atoms with Crippen LogP contribution in [0.5, 0.6) is 0 Å². The first kappa shape index (κ1) is 23.5. The number of aromatic nitrogens is 2. The lowest BCUT2D eigenvalue weighted by atomic mass is 10.1. The zero-order chi connectivity index (χ0) is 24.1. The van der Waals surface area contributed by atoms with E-state index >= 15 is 0 Å². The van der Waals surface area contributed by atoms with Gasteiger partial charge in [-0.2, -0.15) is 5.10 Å². The minimum absolute atomic E-state index is 0.0251. The van der Waals surface area contributed by atoms with E-state index in [9.17, 15) is 13.2 Å². The lowest BCUT2D eigenvalue weighted by Gasteiger charge is -2.18. The number of aryl methyl sites for hydroxylation is 1. The number of benzene rings is 2. The Morgan fingerprint density at radius 3 is 2.62 bits per heavy atom. The second kappa shape index (κ2) is 10.1. The van der Waals surface area contributed by atoms with Crippen molar-refractivity contribution in [3.63, 3.8) is 0 Å². The van der Waals surface area contributed by atoms with Crippen LogP contribution in [-0.2, 0) is 29.7 Å². The topological polar surface area (TPSA) is 97.4 Å². The fraction of sp³-hybridized carbons (Fsp3) is 0.200. The number of amides is 1. The van der Waals surface area contributed by atoms with Gasteiger partial charge < -0.3 is 9.32 Å². The Bertz CT molecular complexity index is 1360. The van der Waals surface area contributed by atoms with Gasteiger partial charge in [-0.3, -0.25) is 9.48 Å². The normalized spacial score (nSPS) is 11.5. The first-order valence-corrected chi connectivity index (χ1v) is 12.2. The number of sulfonamides is 1. The van der Waals surface area contributed by atoms with Gasteiger partial charge in [0.1, 0.15) is 5.76 Å². The molecule has 34 heavy (non-hydrogen) atoms. The number of hydrogen-bond acceptors (Lipinski definition) is 5. The zero-order valence-electron chi connectivity index (χ0n) is 19.0. The Kier molecular flexibility index (Phi) is 6.95. The molecule has 0 aliphatic rings. The minimum Gasteiger partial charge on any atom is -0.468 e. The molecule has 0 saturated heterocycles. The van der Waals surface area contributed by atoms with Gasteiger partial charge in [0.2, 0.25) is 10.0 Å². The molecule has 8 nitrogen and oxygen atoms in total. The quantitative estimate of drug-likeness (QED) is 0.397. The van der Waals surface area contributed by atoms with Crippen molar-refractivity contribution in [1.82, 2.24) is 19.4 Å². The largest absolute Gasteiger partial charge is 0.468 e. The molecule has 0 spiro atoms. The maximum atomic E-state index is 13.2. The van der Waals surface area contributed by atoms with Crippen LogP contribution < -0.4 is 4.72 Å². The van der Waals surface area contributed by atoms with Crippen molar-refractivity contribution in [1.29, 1.82) is 0 Å². The van der Waals surface area contributed by atoms with Gasteiger partial charge in [-0.1, -0.05) is 36.4 Å². The Labute approximate surface area is 198 Å². The van der Waals surface area contributed by atoms with Gasteiger partial charge in [0.05, 0.1) is 30.4 Å². The van der Waals surface area contributed by atoms with Crippen LogP contribution in [0.2, 0.25) is 0 Å². The van der Waals surface area contributed by atoms with Crippen molar-refractivity contribution in [2.24, 2.45) is 0 Å². The molecule has 4 rings (SSSR count). The second-order valence-electron chi connectivity index (χ2n) is 8.07. The van der Waals surface area contributed by atoms with E-state index in [-0.39, 0.29) is 17.3 Å². The molecule has 0 atom stereocenters. The summed E-state index contributed by atoms with van der Waals surface area (Å²) in [7, 11) is -2.13. The van der Waals surface area contributed by atoms with Gasteiger partial charge in [0, 0.05) is 30.9 Å². The molecule has 1 amide bonds. The van der Waals surface area contributed by atoms with Gasteiger partial charge in [-0.15, -0.1) is 0 Å². The average Bonchev–Trinajstić information content (AvgIpc) is 3.50. The van der Waals surface area contributed by atoms with Gasteiger partial charge in [-0.05, 0) is 42.3 Å². The van der Waals surface area contributed by atoms with Crippen molar-refractivity contribution in [2.45, 2.75) is 31.5 Å². The lowest BCUT2D eigenvalue weighted by Crippen LogP contribution is -2.28. The summed E-state index contributed by atoms with van der Waals surface area (Å²) in [5, 5.41) is 4.39. The molecule has 0 aliphatic carbocycles. The standard InChI is InChI=1S/C25H26N4O4S/c1-19-10-11-23(34(31,32)27-15-22-9-6-12-33-22)13-24(19)25(30)28(2)16-21-14-26-29(18-21)17-20-7-4-3-5-8-20/h3-14,18,27H,15-17H2,1-2H3. The maximum Gasteiger partial charge on any atom is 0.254 e. The Morgan fingerprint density at radius 1 is 1.09 bits per heavy atom. The van der Waals surface area contributed by atoms with Crippen LogP contribution in [0, 0.1) is 6.92 Å². The fourth-order valence-electron chi connectivity index (χ4n) is 3.56. The Hall–Kier alpha value is -3.69. The molecule has 1 N–H and O–H groups in total. The molecule has 0 aliphatic heterocycles. The summed E-state index contributed by atoms with van der Waals surface area (Å²) in [6.45, 7) is 2.80. The number of carbonyl (C=O) groups is 1. The summed E-state index contributed by atoms with van der Waals surface area (Å²) >= 11 is 0. The molecule has 0 saturated carbocycles. The van der Waals surface area contributed by atoms with E-state index in [1.807, 2.05) is 41.2 Å². The minimum atomic E-state index is -3.81. The highest BCUT2D eigenvalue weighted by molar-refractivity contribution is 7.89. The lowest BCUT2D eigenvalue weighted by molar-refractivity contribution is 0.0784. The van der Waals surface area contributed by atoms with E-state index in [0.29, 0.717) is 30.0 Å². The van der Waals surface area contributed by atoms with Crippen LogP contribution in [0.1, 0.15) is 32.8 Å². The molecule has 2 aromatic carbocycles. The van der Waals surface area contributed by atoms with E-state index < -0.39 is 10.0 Å². The van der Waals surface area contributed by atoms with Crippen molar-refractivity contribution < 1.29 is 17.6 Å². The summed E-state index contributed by atoms with van der Waals surface area (Å²) in [4.78, 5) is 14.7. The van der Waals surface area contributed by atoms with Crippen LogP contribution in [0.25, 0.3) is 0 Å². The molecule has 0 fully saturated rings. The van der Waals surface area contributed by atoms with Crippen LogP contribution in [0.4, 0.5) is 0 Å². The fourth-order valence-corrected chi connectivity index (χ4v) is 4.58. The summed E-state index contributed by atoms with van der Waals surface area (Å²) in [5.41, 5.74) is 3.05. The van der Waals surface area contributed by atoms with Crippen LogP contribution >= 0.6 is 0 Å². The first-order valence-electron chi connectivity index (χ1n) is 10.8. The monoisotopic (exact) mass is 478 g/mol. The van der Waals surface area contributed by atoms with E-state index in [1.165, 1.54) is 18.4 Å². The smallest absolute Gasteiger partial charge is 0.254 e. The number of furan rings is 1. The van der Waals surface area contributed by atoms with Gasteiger partial charge in [-0.25, -0.2) is 13.1 Å². The van der Waals surface area contributed by atoms with E-state index in [2.05, 4.69) is 9.82 Å². The summed E-state index contributed by atoms with van der Waals surface area (Å²) < 4.78 is 35.0. The predicted molar refractivity (Wildman–Crippen MR) is 127 cm³/mol. The van der Waals surface area contributed by atoms with Crippen molar-refractivity contribution in [3.8, 4) is 0 Å². The van der Waals surface area contributed by atoms with Gasteiger partial charge in [0.15, 0.2) is 0 Å². The van der Waals surface area contributed by atoms with Crippen LogP contribution in [0.15, 0.2) is 88.6 Å². The first-order chi connectivity index (χ1) is 16.3. The van der Waals surface area contributed by atoms with Crippen molar-refractivity contribution in [3.05, 3.63) is 107 Å². The second-order valence-corrected chi connectivity index (χ2v) is 9.84. The molecule has 9 heteroatoms. The summed E-state index contributed by atoms with van der Waals surface area (Å²) in [6, 6.07) is 17.9. The number of rotatable bonds is 9. The Morgan fingerprint density at radius 2 is 1.88 bits per heavy atom. The molecule has 2 aromatic heterocycles. The highest BCUT2D eigenvalue weighted by Crippen LogP contribution is 2.19. The van der Waals surface area contributed by atoms with Crippen molar-refractivity contribution in [2.75, 3.05) is 7.05 Å². The molecule has 2 heterocycles. The zero-order valence-corrected chi connectivity index (χ0v) is 19.8. The molecule has 0 bridgehead atoms.